The Morgan fingerprint density at radius 2 is 0.479 bits per heavy atom. The highest BCUT2D eigenvalue weighted by Gasteiger charge is 2.56. The van der Waals surface area contributed by atoms with Gasteiger partial charge in [0, 0.05) is 74.3 Å². The highest BCUT2D eigenvalue weighted by atomic mass is 32.2. The molecule has 146 heavy (non-hydrogen) atoms. The molecule has 0 saturated carbocycles. The van der Waals surface area contributed by atoms with Crippen LogP contribution in [0.1, 0.15) is 95.9 Å². The van der Waals surface area contributed by atoms with Crippen molar-refractivity contribution in [1.29, 1.82) is 0 Å². The van der Waals surface area contributed by atoms with Gasteiger partial charge >= 0.3 is 0 Å². The Balaban J connectivity index is 0.000000138. The van der Waals surface area contributed by atoms with E-state index < -0.39 is 27.7 Å². The average Bonchev–Trinajstić information content (AvgIpc) is 1.52. The van der Waals surface area contributed by atoms with Crippen LogP contribution in [-0.4, -0.2) is 0 Å². The lowest BCUT2D eigenvalue weighted by atomic mass is 9.66. The van der Waals surface area contributed by atoms with Gasteiger partial charge in [-0.05, 0) is 275 Å². The van der Waals surface area contributed by atoms with E-state index in [0.29, 0.717) is 5.56 Å². The van der Waals surface area contributed by atoms with Crippen LogP contribution in [0.15, 0.2) is 563 Å². The third-order valence-electron chi connectivity index (χ3n) is 31.9. The predicted molar refractivity (Wildman–Crippen MR) is 603 cm³/mol. The Labute approximate surface area is 869 Å². The van der Waals surface area contributed by atoms with Crippen LogP contribution in [-0.2, 0) is 21.7 Å². The first-order valence-corrected chi connectivity index (χ1v) is 52.4. The monoisotopic (exact) mass is 1910 g/mol. The zero-order chi connectivity index (χ0) is 100. The normalized spacial score (nSPS) is 14.7. The zero-order valence-electron chi connectivity index (χ0n) is 83.9. The number of nitrogens with zero attached hydrogens (tertiary/aromatic N) is 2. The molecule has 4 heterocycles. The first-order chi connectivity index (χ1) is 74.4. The molecule has 31 rings (SSSR count). The second-order valence-electron chi connectivity index (χ2n) is 38.9. The summed E-state index contributed by atoms with van der Waals surface area (Å²) >= 11 is 5.59. The minimum atomic E-state index is -0.625. The molecule has 0 radical (unpaired) electrons. The molecular weight excluding hydrogens is 1820 g/mol. The fourth-order valence-electron chi connectivity index (χ4n) is 26.1. The van der Waals surface area contributed by atoms with Crippen LogP contribution in [0.3, 0.4) is 0 Å². The van der Waals surface area contributed by atoms with Crippen LogP contribution < -0.4 is 14.5 Å². The molecule has 3 nitrogen and oxygen atoms in total. The summed E-state index contributed by atoms with van der Waals surface area (Å²) in [5.74, 6) is 1.75. The van der Waals surface area contributed by atoms with Gasteiger partial charge in [0.25, 0.3) is 0 Å². The quantitative estimate of drug-likeness (QED) is 0.135. The Bertz CT molecular complexity index is 9490. The summed E-state index contributed by atoms with van der Waals surface area (Å²) in [5.41, 5.74) is 42.2. The number of benzene rings is 23. The van der Waals surface area contributed by atoms with Crippen molar-refractivity contribution in [2.75, 3.05) is 9.80 Å². The summed E-state index contributed by atoms with van der Waals surface area (Å²) < 4.78 is 48.8. The Kier molecular flexibility index (Phi) is 18.0. The van der Waals surface area contributed by atoms with Gasteiger partial charge in [0.05, 0.1) is 34.2 Å². The van der Waals surface area contributed by atoms with Crippen molar-refractivity contribution in [2.24, 2.45) is 0 Å². The number of hydrogen-bond acceptors (Lipinski definition) is 6. The minimum Gasteiger partial charge on any atom is -0.457 e. The predicted octanol–water partition coefficient (Wildman–Crippen LogP) is 37.1. The lowest BCUT2D eigenvalue weighted by Gasteiger charge is -2.41. The summed E-state index contributed by atoms with van der Waals surface area (Å²) in [7, 11) is 0. The molecular formula is C140H88N2OS3. The van der Waals surface area contributed by atoms with E-state index in [1.54, 1.807) is 0 Å². The molecule has 23 aromatic rings. The standard InChI is InChI=1S/C72H45NOS.C68H43NS2/c1-3-19-46(20-4-1)48-35-39-63-69(43-48)75-70-45-50(36-40-64(70)72(63)60-31-15-11-26-55(60)56-27-12-16-32-61(56)72)73(66-41-38-51(47-21-5-2-6-22-47)52-23-7-8-28-57(52)66)49-37-42-68-65(44-49)71(62-33-17-18-34-67(62)74-68)58-29-13-9-24-53(58)54-25-10-14-30-59(54)71;1-2-16-44(17-3-1)45-30-32-46(33-31-45)47-34-36-48(37-35-47)69(49-39-41-65-62(42-49)68(60-27-13-14-28-63(60)70-65)57-24-10-6-20-53(57)54-21-7-11-25-58(54)68)50-38-40-61-66(43-50)71-64-29-15-12-26-59(64)67(61)55-22-8-4-18-51(55)52-19-5-9-23-56(52)67/h1-45H;1-43H/i;1D,2D,3D,16D,17D. The van der Waals surface area contributed by atoms with Crippen molar-refractivity contribution in [1.82, 2.24) is 0 Å². The maximum Gasteiger partial charge on any atom is 0.132 e. The van der Waals surface area contributed by atoms with E-state index in [1.165, 1.54) is 185 Å². The summed E-state index contributed by atoms with van der Waals surface area (Å²) in [6, 6.07) is 184. The molecule has 0 atom stereocenters. The van der Waals surface area contributed by atoms with E-state index in [0.717, 1.165) is 67.9 Å². The molecule has 4 aliphatic heterocycles. The highest BCUT2D eigenvalue weighted by Crippen LogP contribution is 2.69. The Hall–Kier alpha value is -17.2. The molecule has 0 fully saturated rings. The van der Waals surface area contributed by atoms with Crippen LogP contribution in [0.5, 0.6) is 11.5 Å². The number of ether oxygens (including phenoxy) is 1. The van der Waals surface area contributed by atoms with Crippen molar-refractivity contribution in [3.05, 3.63) is 623 Å². The minimum absolute atomic E-state index is 0.195. The molecule has 6 heteroatoms. The maximum atomic E-state index is 8.60. The maximum absolute atomic E-state index is 8.60. The molecule has 8 aliphatic rings. The smallest absolute Gasteiger partial charge is 0.132 e. The molecule has 0 saturated heterocycles. The molecule has 4 aliphatic carbocycles. The van der Waals surface area contributed by atoms with Gasteiger partial charge in [-0.2, -0.15) is 0 Å². The van der Waals surface area contributed by atoms with Crippen molar-refractivity contribution < 1.29 is 11.6 Å². The fourth-order valence-corrected chi connectivity index (χ4v) is 29.7. The molecule has 0 amide bonds. The van der Waals surface area contributed by atoms with Crippen molar-refractivity contribution in [3.8, 4) is 101 Å². The van der Waals surface area contributed by atoms with Gasteiger partial charge < -0.3 is 14.5 Å². The summed E-state index contributed by atoms with van der Waals surface area (Å²) in [4.78, 5) is 12.4. The van der Waals surface area contributed by atoms with Gasteiger partial charge in [-0.3, -0.25) is 0 Å². The van der Waals surface area contributed by atoms with E-state index in [2.05, 4.69) is 489 Å². The summed E-state index contributed by atoms with van der Waals surface area (Å²) in [6.45, 7) is 0. The summed E-state index contributed by atoms with van der Waals surface area (Å²) in [5, 5.41) is 2.37. The third kappa shape index (κ3) is 12.2. The zero-order valence-corrected chi connectivity index (χ0v) is 81.4. The van der Waals surface area contributed by atoms with Gasteiger partial charge in [0.15, 0.2) is 0 Å². The average molecular weight is 1920 g/mol. The van der Waals surface area contributed by atoms with Gasteiger partial charge in [-0.15, -0.1) is 0 Å². The van der Waals surface area contributed by atoms with Gasteiger partial charge in [0.2, 0.25) is 0 Å². The Morgan fingerprint density at radius 1 is 0.171 bits per heavy atom. The van der Waals surface area contributed by atoms with Crippen LogP contribution >= 0.6 is 35.3 Å². The van der Waals surface area contributed by atoms with Crippen LogP contribution in [0.2, 0.25) is 0 Å². The number of para-hydroxylation sites is 1. The second kappa shape index (κ2) is 33.2. The molecule has 0 bridgehead atoms. The molecule has 0 N–H and O–H groups in total. The molecule has 23 aromatic carbocycles. The second-order valence-corrected chi connectivity index (χ2v) is 42.2. The van der Waals surface area contributed by atoms with Crippen molar-refractivity contribution in [2.45, 2.75) is 51.0 Å². The molecule has 4 spiro atoms. The lowest BCUT2D eigenvalue weighted by molar-refractivity contribution is 0.436. The Morgan fingerprint density at radius 3 is 0.986 bits per heavy atom. The van der Waals surface area contributed by atoms with E-state index in [-0.39, 0.29) is 29.7 Å². The van der Waals surface area contributed by atoms with E-state index >= 15 is 0 Å². The molecule has 682 valence electrons. The number of anilines is 6. The van der Waals surface area contributed by atoms with E-state index in [4.69, 9.17) is 11.6 Å². The van der Waals surface area contributed by atoms with Crippen LogP contribution in [0.4, 0.5) is 34.1 Å². The van der Waals surface area contributed by atoms with Gasteiger partial charge in [0.1, 0.15) is 11.5 Å². The molecule has 0 aromatic heterocycles. The van der Waals surface area contributed by atoms with Gasteiger partial charge in [-0.1, -0.05) is 466 Å². The van der Waals surface area contributed by atoms with Crippen LogP contribution in [0, 0.1) is 0 Å². The number of rotatable bonds is 10. The van der Waals surface area contributed by atoms with Crippen molar-refractivity contribution >= 4 is 80.2 Å². The summed E-state index contributed by atoms with van der Waals surface area (Å²) in [6.07, 6.45) is 0. The SMILES string of the molecule is [2H]c1c([2H])c([2H])c(-c2ccc(-c3ccc(N(c4ccc5c(c4)Sc4ccccc4C54c5ccccc5-c5ccccc54)c4ccc5c(c4)C4(c6ccccc6S5)c5ccccc5-c5ccccc54)cc3)cc2)c([2H])c1[2H].c1ccc(-c2ccc3c(c2)Sc2cc(N(c4ccc5c(c4)C4(c6ccccc6O5)c5ccccc5-c5ccccc54)c4ccc(-c5ccccc5)c5ccccc45)ccc2C32c3ccccc3-c3ccccc32)cc1. The van der Waals surface area contributed by atoms with Crippen LogP contribution in [0.25, 0.3) is 99.8 Å². The largest absolute Gasteiger partial charge is 0.457 e. The number of hydrogen-bond donors (Lipinski definition) is 0. The third-order valence-corrected chi connectivity index (χ3v) is 35.3. The van der Waals surface area contributed by atoms with Crippen molar-refractivity contribution in [3.63, 3.8) is 0 Å². The first kappa shape index (κ1) is 79.3. The van der Waals surface area contributed by atoms with Gasteiger partial charge in [-0.25, -0.2) is 0 Å². The topological polar surface area (TPSA) is 15.7 Å². The fraction of sp³-hybridized carbons (Fsp3) is 0.0286. The number of fused-ring (bicyclic) bond motifs is 37. The van der Waals surface area contributed by atoms with E-state index in [1.807, 2.05) is 59.6 Å². The van der Waals surface area contributed by atoms with E-state index in [9.17, 15) is 0 Å². The lowest BCUT2D eigenvalue weighted by Crippen LogP contribution is -2.32. The first-order valence-electron chi connectivity index (χ1n) is 52.5. The highest BCUT2D eigenvalue weighted by molar-refractivity contribution is 8.00. The molecule has 0 unspecified atom stereocenters.